The van der Waals surface area contributed by atoms with Crippen LogP contribution >= 0.6 is 0 Å². The smallest absolute Gasteiger partial charge is 0.349 e. The molecule has 1 fully saturated rings. The van der Waals surface area contributed by atoms with Crippen molar-refractivity contribution in [1.29, 1.82) is 0 Å². The molecule has 2 aromatic rings. The van der Waals surface area contributed by atoms with E-state index in [9.17, 15) is 9.59 Å². The summed E-state index contributed by atoms with van der Waals surface area (Å²) in [7, 11) is 0. The van der Waals surface area contributed by atoms with Gasteiger partial charge in [0.15, 0.2) is 0 Å². The van der Waals surface area contributed by atoms with Crippen molar-refractivity contribution in [3.05, 3.63) is 35.0 Å². The first kappa shape index (κ1) is 13.8. The first-order valence-corrected chi connectivity index (χ1v) is 7.01. The van der Waals surface area contributed by atoms with Crippen LogP contribution in [0.5, 0.6) is 0 Å². The van der Waals surface area contributed by atoms with Gasteiger partial charge in [0.25, 0.3) is 0 Å². The third kappa shape index (κ3) is 2.69. The molecule has 0 aliphatic carbocycles. The van der Waals surface area contributed by atoms with Crippen LogP contribution in [0, 0.1) is 0 Å². The molecule has 1 aliphatic heterocycles. The van der Waals surface area contributed by atoms with Crippen LogP contribution in [0.1, 0.15) is 13.8 Å². The van der Waals surface area contributed by atoms with E-state index in [1.807, 2.05) is 13.8 Å². The fourth-order valence-corrected chi connectivity index (χ4v) is 2.69. The summed E-state index contributed by atoms with van der Waals surface area (Å²) in [6.45, 7) is 4.91. The van der Waals surface area contributed by atoms with Crippen molar-refractivity contribution < 1.29 is 9.53 Å². The molecule has 1 aliphatic rings. The number of carbonyl (C=O) groups excluding carboxylic acids is 1. The van der Waals surface area contributed by atoms with Gasteiger partial charge in [0.05, 0.1) is 23.9 Å². The standard InChI is InChI=1S/C14H18N4O3/c1-10-7-16(8-11(2)21-10)13(19)9-18-14(20)17-5-3-4-12(17)6-15-18/h3-6,10-11H,7-9H2,1-2H3/t10-,11-/m0/s1. The molecule has 112 valence electrons. The molecule has 7 nitrogen and oxygen atoms in total. The highest BCUT2D eigenvalue weighted by Crippen LogP contribution is 2.11. The van der Waals surface area contributed by atoms with E-state index in [0.717, 1.165) is 5.52 Å². The lowest BCUT2D eigenvalue weighted by Crippen LogP contribution is -2.50. The second-order valence-electron chi connectivity index (χ2n) is 5.44. The lowest BCUT2D eigenvalue weighted by molar-refractivity contribution is -0.144. The van der Waals surface area contributed by atoms with Crippen LogP contribution in [-0.4, -0.2) is 50.3 Å². The topological polar surface area (TPSA) is 68.8 Å². The van der Waals surface area contributed by atoms with Crippen LogP contribution in [0.3, 0.4) is 0 Å². The molecular weight excluding hydrogens is 272 g/mol. The summed E-state index contributed by atoms with van der Waals surface area (Å²) in [5.41, 5.74) is 0.414. The molecule has 3 rings (SSSR count). The molecule has 0 aromatic carbocycles. The Hall–Kier alpha value is -2.15. The zero-order valence-corrected chi connectivity index (χ0v) is 12.1. The molecule has 0 bridgehead atoms. The first-order valence-electron chi connectivity index (χ1n) is 7.01. The van der Waals surface area contributed by atoms with Crippen molar-refractivity contribution in [2.75, 3.05) is 13.1 Å². The van der Waals surface area contributed by atoms with Crippen LogP contribution in [0.2, 0.25) is 0 Å². The molecule has 0 radical (unpaired) electrons. The fraction of sp³-hybridized carbons (Fsp3) is 0.500. The van der Waals surface area contributed by atoms with E-state index >= 15 is 0 Å². The molecule has 0 saturated carbocycles. The highest BCUT2D eigenvalue weighted by molar-refractivity contribution is 5.76. The Morgan fingerprint density at radius 3 is 2.81 bits per heavy atom. The normalized spacial score (nSPS) is 22.7. The SMILES string of the molecule is C[C@H]1CN(C(=O)Cn2ncc3cccn3c2=O)C[C@H](C)O1. The molecule has 21 heavy (non-hydrogen) atoms. The number of rotatable bonds is 2. The molecule has 1 amide bonds. The van der Waals surface area contributed by atoms with Gasteiger partial charge in [0, 0.05) is 19.3 Å². The largest absolute Gasteiger partial charge is 0.372 e. The molecule has 1 saturated heterocycles. The molecule has 2 atom stereocenters. The Kier molecular flexibility index (Phi) is 3.50. The van der Waals surface area contributed by atoms with E-state index in [1.54, 1.807) is 29.4 Å². The molecule has 0 spiro atoms. The van der Waals surface area contributed by atoms with Gasteiger partial charge >= 0.3 is 5.69 Å². The van der Waals surface area contributed by atoms with Gasteiger partial charge in [-0.15, -0.1) is 0 Å². The maximum Gasteiger partial charge on any atom is 0.349 e. The minimum atomic E-state index is -0.305. The van der Waals surface area contributed by atoms with Gasteiger partial charge in [-0.05, 0) is 26.0 Å². The van der Waals surface area contributed by atoms with Crippen molar-refractivity contribution in [2.45, 2.75) is 32.6 Å². The van der Waals surface area contributed by atoms with E-state index in [-0.39, 0.29) is 30.3 Å². The monoisotopic (exact) mass is 290 g/mol. The highest BCUT2D eigenvalue weighted by Gasteiger charge is 2.26. The van der Waals surface area contributed by atoms with E-state index in [0.29, 0.717) is 13.1 Å². The summed E-state index contributed by atoms with van der Waals surface area (Å²) in [5.74, 6) is -0.113. The van der Waals surface area contributed by atoms with Crippen molar-refractivity contribution in [3.63, 3.8) is 0 Å². The third-order valence-corrected chi connectivity index (χ3v) is 3.59. The quantitative estimate of drug-likeness (QED) is 0.788. The number of aromatic nitrogens is 3. The Morgan fingerprint density at radius 2 is 2.10 bits per heavy atom. The van der Waals surface area contributed by atoms with Crippen LogP contribution < -0.4 is 5.69 Å². The van der Waals surface area contributed by atoms with Gasteiger partial charge in [-0.25, -0.2) is 9.48 Å². The average Bonchev–Trinajstić information content (AvgIpc) is 2.90. The number of hydrogen-bond acceptors (Lipinski definition) is 4. The predicted octanol–water partition coefficient (Wildman–Crippen LogP) is 0.132. The summed E-state index contributed by atoms with van der Waals surface area (Å²) >= 11 is 0. The average molecular weight is 290 g/mol. The van der Waals surface area contributed by atoms with Gasteiger partial charge in [-0.3, -0.25) is 9.20 Å². The van der Waals surface area contributed by atoms with Crippen LogP contribution in [0.4, 0.5) is 0 Å². The van der Waals surface area contributed by atoms with E-state index in [2.05, 4.69) is 5.10 Å². The van der Waals surface area contributed by atoms with Gasteiger partial charge in [0.1, 0.15) is 6.54 Å². The highest BCUT2D eigenvalue weighted by atomic mass is 16.5. The van der Waals surface area contributed by atoms with Gasteiger partial charge in [-0.2, -0.15) is 5.10 Å². The summed E-state index contributed by atoms with van der Waals surface area (Å²) in [6, 6.07) is 3.57. The Labute approximate surface area is 121 Å². The molecule has 0 unspecified atom stereocenters. The summed E-state index contributed by atoms with van der Waals surface area (Å²) < 4.78 is 8.28. The van der Waals surface area contributed by atoms with Gasteiger partial charge < -0.3 is 9.64 Å². The number of fused-ring (bicyclic) bond motifs is 1. The second kappa shape index (κ2) is 5.33. The third-order valence-electron chi connectivity index (χ3n) is 3.59. The summed E-state index contributed by atoms with van der Waals surface area (Å²) in [5, 5.41) is 4.06. The number of nitrogens with zero attached hydrogens (tertiary/aromatic N) is 4. The zero-order valence-electron chi connectivity index (χ0n) is 12.1. The minimum absolute atomic E-state index is 0.00862. The van der Waals surface area contributed by atoms with E-state index in [1.165, 1.54) is 9.08 Å². The maximum atomic E-state index is 12.3. The Bertz CT molecular complexity index is 710. The van der Waals surface area contributed by atoms with Gasteiger partial charge in [-0.1, -0.05) is 0 Å². The van der Waals surface area contributed by atoms with Crippen molar-refractivity contribution in [3.8, 4) is 0 Å². The molecular formula is C14H18N4O3. The van der Waals surface area contributed by atoms with Crippen LogP contribution in [-0.2, 0) is 16.1 Å². The molecule has 7 heteroatoms. The first-order chi connectivity index (χ1) is 10.0. The molecule has 2 aromatic heterocycles. The zero-order chi connectivity index (χ0) is 15.0. The lowest BCUT2D eigenvalue weighted by atomic mass is 10.2. The molecule has 3 heterocycles. The van der Waals surface area contributed by atoms with Crippen LogP contribution in [0.25, 0.3) is 5.52 Å². The van der Waals surface area contributed by atoms with Crippen molar-refractivity contribution >= 4 is 11.4 Å². The number of morpholine rings is 1. The number of carbonyl (C=O) groups is 1. The summed E-state index contributed by atoms with van der Waals surface area (Å²) in [4.78, 5) is 26.3. The van der Waals surface area contributed by atoms with E-state index < -0.39 is 0 Å². The Morgan fingerprint density at radius 1 is 1.38 bits per heavy atom. The number of hydrogen-bond donors (Lipinski definition) is 0. The van der Waals surface area contributed by atoms with E-state index in [4.69, 9.17) is 4.74 Å². The lowest BCUT2D eigenvalue weighted by Gasteiger charge is -2.35. The van der Waals surface area contributed by atoms with Gasteiger partial charge in [0.2, 0.25) is 5.91 Å². The second-order valence-corrected chi connectivity index (χ2v) is 5.44. The van der Waals surface area contributed by atoms with Crippen LogP contribution in [0.15, 0.2) is 29.3 Å². The molecule has 0 N–H and O–H groups in total. The maximum absolute atomic E-state index is 12.3. The minimum Gasteiger partial charge on any atom is -0.372 e. The summed E-state index contributed by atoms with van der Waals surface area (Å²) in [6.07, 6.45) is 3.27. The predicted molar refractivity (Wildman–Crippen MR) is 76.0 cm³/mol. The number of amides is 1. The van der Waals surface area contributed by atoms with Crippen molar-refractivity contribution in [1.82, 2.24) is 19.1 Å². The Balaban J connectivity index is 1.80. The van der Waals surface area contributed by atoms with Crippen molar-refractivity contribution in [2.24, 2.45) is 0 Å². The number of ether oxygens (including phenoxy) is 1. The fourth-order valence-electron chi connectivity index (χ4n) is 2.69.